The van der Waals surface area contributed by atoms with Gasteiger partial charge in [0.2, 0.25) is 0 Å². The van der Waals surface area contributed by atoms with Crippen LogP contribution < -0.4 is 4.74 Å². The Morgan fingerprint density at radius 2 is 1.38 bits per heavy atom. The summed E-state index contributed by atoms with van der Waals surface area (Å²) in [5.41, 5.74) is -0.249. The van der Waals surface area contributed by atoms with Crippen LogP contribution in [0.3, 0.4) is 0 Å². The lowest BCUT2D eigenvalue weighted by molar-refractivity contribution is -0.189. The minimum atomic E-state index is -4.29. The molecule has 0 bridgehead atoms. The Bertz CT molecular complexity index is 1460. The van der Waals surface area contributed by atoms with E-state index in [9.17, 15) is 8.78 Å². The maximum atomic E-state index is 15.4. The number of hydrogen-bond donors (Lipinski definition) is 0. The van der Waals surface area contributed by atoms with Crippen LogP contribution in [0.4, 0.5) is 22.0 Å². The molecule has 0 spiro atoms. The van der Waals surface area contributed by atoms with E-state index in [1.165, 1.54) is 87.8 Å². The van der Waals surface area contributed by atoms with Crippen LogP contribution in [0.2, 0.25) is 0 Å². The molecule has 5 rings (SSSR count). The predicted molar refractivity (Wildman–Crippen MR) is 170 cm³/mol. The smallest absolute Gasteiger partial charge is 0.429 e. The van der Waals surface area contributed by atoms with Gasteiger partial charge >= 0.3 is 6.11 Å². The lowest BCUT2D eigenvalue weighted by atomic mass is 9.68. The van der Waals surface area contributed by atoms with Crippen LogP contribution in [0.15, 0.2) is 54.6 Å². The average Bonchev–Trinajstić information content (AvgIpc) is 3.02. The summed E-state index contributed by atoms with van der Waals surface area (Å²) in [5, 5.41) is 0. The maximum absolute atomic E-state index is 15.4. The van der Waals surface area contributed by atoms with Crippen molar-refractivity contribution in [3.8, 4) is 28.7 Å². The molecule has 3 aromatic carbocycles. The topological polar surface area (TPSA) is 9.23 Å². The molecule has 0 unspecified atom stereocenters. The monoisotopic (exact) mass is 622 g/mol. The van der Waals surface area contributed by atoms with Crippen LogP contribution in [0.25, 0.3) is 11.1 Å². The molecular weight excluding hydrogens is 579 g/mol. The standard InChI is InChI=1S/C39H43F5O/c1-3-5-6-8-27-9-13-28(14-10-27)29-15-17-30(18-16-29)31-19-22-34(35(40)23-31)32-24-36(41)38(37(42)25-32)39(43,44)45-33-20-11-26(7-4-2)12-21-33/h11-12,19-25,27-30H,3,5-6,8-10,13-18H2,1-2H3. The molecule has 1 nitrogen and oxygen atoms in total. The van der Waals surface area contributed by atoms with Gasteiger partial charge in [-0.2, -0.15) is 8.78 Å². The normalized spacial score (nSPS) is 22.0. The zero-order valence-electron chi connectivity index (χ0n) is 26.3. The third kappa shape index (κ3) is 8.10. The van der Waals surface area contributed by atoms with Crippen molar-refractivity contribution < 1.29 is 26.7 Å². The van der Waals surface area contributed by atoms with E-state index in [2.05, 4.69) is 23.5 Å². The Morgan fingerprint density at radius 1 is 0.756 bits per heavy atom. The first-order valence-electron chi connectivity index (χ1n) is 16.6. The molecular formula is C39H43F5O. The number of rotatable bonds is 10. The molecule has 2 fully saturated rings. The Labute approximate surface area is 264 Å². The summed E-state index contributed by atoms with van der Waals surface area (Å²) in [7, 11) is 0. The molecule has 0 aromatic heterocycles. The second-order valence-corrected chi connectivity index (χ2v) is 13.0. The van der Waals surface area contributed by atoms with Gasteiger partial charge in [0.05, 0.1) is 0 Å². The predicted octanol–water partition coefficient (Wildman–Crippen LogP) is 11.9. The SMILES string of the molecule is CC#Cc1ccc(OC(F)(F)c2c(F)cc(-c3ccc(C4CCC(C5CCC(CCCCC)CC5)CC4)cc3F)cc2F)cc1. The molecule has 0 saturated heterocycles. The summed E-state index contributed by atoms with van der Waals surface area (Å²) in [6.07, 6.45) is 10.7. The molecule has 0 radical (unpaired) electrons. The van der Waals surface area contributed by atoms with Crippen molar-refractivity contribution in [1.29, 1.82) is 0 Å². The second kappa shape index (κ2) is 14.8. The van der Waals surface area contributed by atoms with Crippen LogP contribution in [-0.4, -0.2) is 0 Å². The highest BCUT2D eigenvalue weighted by molar-refractivity contribution is 5.65. The van der Waals surface area contributed by atoms with Crippen molar-refractivity contribution >= 4 is 0 Å². The van der Waals surface area contributed by atoms with Crippen molar-refractivity contribution in [2.75, 3.05) is 0 Å². The molecule has 240 valence electrons. The van der Waals surface area contributed by atoms with Gasteiger partial charge in [0.15, 0.2) is 0 Å². The third-order valence-electron chi connectivity index (χ3n) is 10.0. The highest BCUT2D eigenvalue weighted by Crippen LogP contribution is 2.45. The van der Waals surface area contributed by atoms with Gasteiger partial charge in [0, 0.05) is 11.1 Å². The van der Waals surface area contributed by atoms with Gasteiger partial charge in [-0.05, 0) is 123 Å². The van der Waals surface area contributed by atoms with E-state index < -0.39 is 29.1 Å². The van der Waals surface area contributed by atoms with Crippen molar-refractivity contribution in [2.45, 2.75) is 103 Å². The minimum absolute atomic E-state index is 0.0376. The first kappa shape index (κ1) is 33.0. The van der Waals surface area contributed by atoms with Gasteiger partial charge in [0.1, 0.15) is 28.8 Å². The fourth-order valence-electron chi connectivity index (χ4n) is 7.53. The largest absolute Gasteiger partial charge is 0.432 e. The Kier molecular flexibility index (Phi) is 10.9. The van der Waals surface area contributed by atoms with Gasteiger partial charge in [-0.15, -0.1) is 5.92 Å². The molecule has 3 aromatic rings. The van der Waals surface area contributed by atoms with Crippen molar-refractivity contribution in [3.63, 3.8) is 0 Å². The van der Waals surface area contributed by atoms with Crippen molar-refractivity contribution in [2.24, 2.45) is 17.8 Å². The molecule has 2 aliphatic carbocycles. The minimum Gasteiger partial charge on any atom is -0.429 e. The third-order valence-corrected chi connectivity index (χ3v) is 10.0. The van der Waals surface area contributed by atoms with Crippen LogP contribution in [0.1, 0.15) is 114 Å². The average molecular weight is 623 g/mol. The zero-order chi connectivity index (χ0) is 32.0. The fraction of sp³-hybridized carbons (Fsp3) is 0.487. The van der Waals surface area contributed by atoms with E-state index in [0.717, 1.165) is 61.1 Å². The van der Waals surface area contributed by atoms with E-state index in [4.69, 9.17) is 0 Å². The second-order valence-electron chi connectivity index (χ2n) is 13.0. The molecule has 0 aliphatic heterocycles. The summed E-state index contributed by atoms with van der Waals surface area (Å²) in [4.78, 5) is 0. The summed E-state index contributed by atoms with van der Waals surface area (Å²) < 4.78 is 79.8. The van der Waals surface area contributed by atoms with Gasteiger partial charge < -0.3 is 4.74 Å². The Morgan fingerprint density at radius 3 is 1.96 bits per heavy atom. The van der Waals surface area contributed by atoms with Crippen LogP contribution in [0.5, 0.6) is 5.75 Å². The highest BCUT2D eigenvalue weighted by atomic mass is 19.3. The van der Waals surface area contributed by atoms with Crippen molar-refractivity contribution in [1.82, 2.24) is 0 Å². The van der Waals surface area contributed by atoms with E-state index in [0.29, 0.717) is 5.56 Å². The Balaban J connectivity index is 1.21. The molecule has 6 heteroatoms. The summed E-state index contributed by atoms with van der Waals surface area (Å²) in [6.45, 7) is 3.89. The molecule has 2 saturated carbocycles. The lowest BCUT2D eigenvalue weighted by Gasteiger charge is -2.38. The van der Waals surface area contributed by atoms with E-state index in [1.807, 2.05) is 0 Å². The first-order valence-corrected chi connectivity index (χ1v) is 16.6. The summed E-state index contributed by atoms with van der Waals surface area (Å²) >= 11 is 0. The summed E-state index contributed by atoms with van der Waals surface area (Å²) in [6, 6.07) is 11.7. The van der Waals surface area contributed by atoms with Gasteiger partial charge in [-0.25, -0.2) is 13.2 Å². The zero-order valence-corrected chi connectivity index (χ0v) is 26.3. The number of alkyl halides is 2. The van der Waals surface area contributed by atoms with E-state index in [1.54, 1.807) is 13.0 Å². The van der Waals surface area contributed by atoms with Crippen molar-refractivity contribution in [3.05, 3.63) is 88.7 Å². The number of halogens is 5. The van der Waals surface area contributed by atoms with E-state index >= 15 is 13.2 Å². The lowest BCUT2D eigenvalue weighted by Crippen LogP contribution is -2.25. The number of benzene rings is 3. The molecule has 45 heavy (non-hydrogen) atoms. The number of hydrogen-bond acceptors (Lipinski definition) is 1. The quantitative estimate of drug-likeness (QED) is 0.124. The van der Waals surface area contributed by atoms with Gasteiger partial charge in [0.25, 0.3) is 0 Å². The number of unbranched alkanes of at least 4 members (excludes halogenated alkanes) is 2. The van der Waals surface area contributed by atoms with Gasteiger partial charge in [-0.1, -0.05) is 63.5 Å². The van der Waals surface area contributed by atoms with Crippen LogP contribution in [0, 0.1) is 47.0 Å². The number of ether oxygens (including phenoxy) is 1. The van der Waals surface area contributed by atoms with Gasteiger partial charge in [-0.3, -0.25) is 0 Å². The molecule has 0 heterocycles. The molecule has 0 atom stereocenters. The van der Waals surface area contributed by atoms with E-state index in [-0.39, 0.29) is 22.8 Å². The highest BCUT2D eigenvalue weighted by Gasteiger charge is 2.41. The molecule has 2 aliphatic rings. The Hall–Kier alpha value is -3.33. The first-order chi connectivity index (χ1) is 21.7. The fourth-order valence-corrected chi connectivity index (χ4v) is 7.53. The maximum Gasteiger partial charge on any atom is 0.432 e. The molecule has 0 amide bonds. The molecule has 0 N–H and O–H groups in total. The van der Waals surface area contributed by atoms with Crippen LogP contribution >= 0.6 is 0 Å². The van der Waals surface area contributed by atoms with Crippen LogP contribution in [-0.2, 0) is 6.11 Å². The summed E-state index contributed by atoms with van der Waals surface area (Å²) in [5.74, 6) is 4.22.